The summed E-state index contributed by atoms with van der Waals surface area (Å²) < 4.78 is 0. The van der Waals surface area contributed by atoms with Gasteiger partial charge in [0.1, 0.15) is 5.75 Å². The van der Waals surface area contributed by atoms with Gasteiger partial charge in [-0.3, -0.25) is 9.59 Å². The second kappa shape index (κ2) is 4.99. The lowest BCUT2D eigenvalue weighted by atomic mass is 10.1. The molecule has 0 atom stereocenters. The molecule has 0 saturated heterocycles. The van der Waals surface area contributed by atoms with E-state index in [1.54, 1.807) is 24.3 Å². The van der Waals surface area contributed by atoms with Crippen molar-refractivity contribution >= 4 is 11.8 Å². The van der Waals surface area contributed by atoms with E-state index in [1.165, 1.54) is 0 Å². The van der Waals surface area contributed by atoms with Gasteiger partial charge in [0.2, 0.25) is 0 Å². The van der Waals surface area contributed by atoms with Crippen molar-refractivity contribution in [3.05, 3.63) is 29.8 Å². The summed E-state index contributed by atoms with van der Waals surface area (Å²) in [6, 6.07) is 6.61. The van der Waals surface area contributed by atoms with Gasteiger partial charge in [-0.2, -0.15) is 0 Å². The number of aromatic hydroxyl groups is 1. The first-order chi connectivity index (χ1) is 7.09. The van der Waals surface area contributed by atoms with Crippen molar-refractivity contribution in [1.82, 2.24) is 5.32 Å². The Hall–Kier alpha value is -2.04. The number of carbonyl (C=O) groups excluding carboxylic acids is 2. The van der Waals surface area contributed by atoms with Gasteiger partial charge >= 0.3 is 11.8 Å². The molecule has 0 aliphatic heterocycles. The highest BCUT2D eigenvalue weighted by molar-refractivity contribution is 6.34. The summed E-state index contributed by atoms with van der Waals surface area (Å²) in [6.45, 7) is 0.340. The highest BCUT2D eigenvalue weighted by atomic mass is 16.3. The largest absolute Gasteiger partial charge is 0.508 e. The Labute approximate surface area is 86.9 Å². The lowest BCUT2D eigenvalue weighted by Gasteiger charge is -2.02. The number of primary amides is 1. The van der Waals surface area contributed by atoms with Crippen molar-refractivity contribution in [2.45, 2.75) is 6.42 Å². The van der Waals surface area contributed by atoms with Gasteiger partial charge in [0, 0.05) is 6.54 Å². The number of rotatable bonds is 3. The molecule has 0 unspecified atom stereocenters. The molecule has 1 aromatic rings. The van der Waals surface area contributed by atoms with Crippen molar-refractivity contribution in [3.8, 4) is 5.75 Å². The van der Waals surface area contributed by atoms with E-state index in [1.807, 2.05) is 0 Å². The van der Waals surface area contributed by atoms with E-state index in [0.29, 0.717) is 13.0 Å². The Kier molecular flexibility index (Phi) is 3.68. The molecule has 0 radical (unpaired) electrons. The summed E-state index contributed by atoms with van der Waals surface area (Å²) in [5, 5.41) is 11.4. The summed E-state index contributed by atoms with van der Waals surface area (Å²) in [5.74, 6) is -1.57. The minimum absolute atomic E-state index is 0.194. The first kappa shape index (κ1) is 11.0. The number of benzene rings is 1. The molecule has 4 N–H and O–H groups in total. The van der Waals surface area contributed by atoms with Crippen LogP contribution in [0.5, 0.6) is 5.75 Å². The molecule has 2 amide bonds. The number of phenols is 1. The molecule has 5 nitrogen and oxygen atoms in total. The van der Waals surface area contributed by atoms with Gasteiger partial charge in [-0.05, 0) is 24.1 Å². The van der Waals surface area contributed by atoms with Crippen LogP contribution in [-0.4, -0.2) is 23.5 Å². The van der Waals surface area contributed by atoms with Crippen LogP contribution in [0.25, 0.3) is 0 Å². The van der Waals surface area contributed by atoms with E-state index in [4.69, 9.17) is 10.8 Å². The minimum atomic E-state index is -0.985. The van der Waals surface area contributed by atoms with Crippen LogP contribution < -0.4 is 11.1 Å². The first-order valence-corrected chi connectivity index (χ1v) is 4.45. The Morgan fingerprint density at radius 2 is 1.87 bits per heavy atom. The number of nitrogens with one attached hydrogen (secondary N) is 1. The Balaban J connectivity index is 2.35. The maximum Gasteiger partial charge on any atom is 0.309 e. The van der Waals surface area contributed by atoms with Crippen molar-refractivity contribution in [2.24, 2.45) is 5.73 Å². The van der Waals surface area contributed by atoms with Crippen molar-refractivity contribution in [3.63, 3.8) is 0 Å². The Morgan fingerprint density at radius 1 is 1.27 bits per heavy atom. The molecular formula is C10H12N2O3. The molecule has 0 aromatic heterocycles. The van der Waals surface area contributed by atoms with Crippen LogP contribution in [0.15, 0.2) is 24.3 Å². The first-order valence-electron chi connectivity index (χ1n) is 4.45. The van der Waals surface area contributed by atoms with Gasteiger partial charge in [-0.15, -0.1) is 0 Å². The highest BCUT2D eigenvalue weighted by Crippen LogP contribution is 2.09. The van der Waals surface area contributed by atoms with Crippen LogP contribution in [0.3, 0.4) is 0 Å². The number of phenolic OH excluding ortho intramolecular Hbond substituents is 1. The SMILES string of the molecule is NC(=O)C(=O)NCCc1ccc(O)cc1. The molecular weight excluding hydrogens is 196 g/mol. The molecule has 15 heavy (non-hydrogen) atoms. The second-order valence-corrected chi connectivity index (χ2v) is 3.04. The fourth-order valence-corrected chi connectivity index (χ4v) is 1.07. The predicted molar refractivity (Wildman–Crippen MR) is 54.0 cm³/mol. The lowest BCUT2D eigenvalue weighted by Crippen LogP contribution is -2.37. The number of amides is 2. The van der Waals surface area contributed by atoms with Crippen LogP contribution in [0.1, 0.15) is 5.56 Å². The molecule has 80 valence electrons. The topological polar surface area (TPSA) is 92.4 Å². The van der Waals surface area contributed by atoms with Crippen LogP contribution in [0, 0.1) is 0 Å². The summed E-state index contributed by atoms with van der Waals surface area (Å²) >= 11 is 0. The third-order valence-electron chi connectivity index (χ3n) is 1.86. The fraction of sp³-hybridized carbons (Fsp3) is 0.200. The smallest absolute Gasteiger partial charge is 0.309 e. The van der Waals surface area contributed by atoms with Crippen LogP contribution >= 0.6 is 0 Å². The maximum atomic E-state index is 10.8. The van der Waals surface area contributed by atoms with Crippen LogP contribution in [-0.2, 0) is 16.0 Å². The number of carbonyl (C=O) groups is 2. The summed E-state index contributed by atoms with van der Waals surface area (Å²) in [6.07, 6.45) is 0.583. The predicted octanol–water partition coefficient (Wildman–Crippen LogP) is -0.464. The summed E-state index contributed by atoms with van der Waals surface area (Å²) in [4.78, 5) is 21.1. The zero-order chi connectivity index (χ0) is 11.3. The van der Waals surface area contributed by atoms with E-state index in [0.717, 1.165) is 5.56 Å². The molecule has 0 aliphatic carbocycles. The molecule has 1 aromatic carbocycles. The number of nitrogens with two attached hydrogens (primary N) is 1. The van der Waals surface area contributed by atoms with Crippen LogP contribution in [0.4, 0.5) is 0 Å². The molecule has 1 rings (SSSR count). The van der Waals surface area contributed by atoms with E-state index in [9.17, 15) is 9.59 Å². The Bertz CT molecular complexity index is 359. The van der Waals surface area contributed by atoms with Crippen molar-refractivity contribution in [2.75, 3.05) is 6.54 Å². The lowest BCUT2D eigenvalue weighted by molar-refractivity contribution is -0.137. The maximum absolute atomic E-state index is 10.8. The van der Waals surface area contributed by atoms with Crippen LogP contribution in [0.2, 0.25) is 0 Å². The average Bonchev–Trinajstić information content (AvgIpc) is 2.20. The van der Waals surface area contributed by atoms with Gasteiger partial charge < -0.3 is 16.2 Å². The number of hydrogen-bond donors (Lipinski definition) is 3. The molecule has 0 spiro atoms. The number of hydrogen-bond acceptors (Lipinski definition) is 3. The van der Waals surface area contributed by atoms with Gasteiger partial charge in [-0.1, -0.05) is 12.1 Å². The normalized spacial score (nSPS) is 9.60. The minimum Gasteiger partial charge on any atom is -0.508 e. The molecule has 5 heteroatoms. The fourth-order valence-electron chi connectivity index (χ4n) is 1.07. The van der Waals surface area contributed by atoms with E-state index >= 15 is 0 Å². The average molecular weight is 208 g/mol. The zero-order valence-electron chi connectivity index (χ0n) is 8.06. The van der Waals surface area contributed by atoms with E-state index < -0.39 is 11.8 Å². The van der Waals surface area contributed by atoms with E-state index in [2.05, 4.69) is 5.32 Å². The molecule has 0 fully saturated rings. The van der Waals surface area contributed by atoms with Crippen molar-refractivity contribution in [1.29, 1.82) is 0 Å². The standard InChI is InChI=1S/C10H12N2O3/c11-9(14)10(15)12-6-5-7-1-3-8(13)4-2-7/h1-4,13H,5-6H2,(H2,11,14)(H,12,15). The van der Waals surface area contributed by atoms with Gasteiger partial charge in [0.15, 0.2) is 0 Å². The molecule has 0 heterocycles. The third kappa shape index (κ3) is 3.68. The summed E-state index contributed by atoms with van der Waals surface area (Å²) in [5.41, 5.74) is 5.71. The second-order valence-electron chi connectivity index (χ2n) is 3.04. The monoisotopic (exact) mass is 208 g/mol. The van der Waals surface area contributed by atoms with Gasteiger partial charge in [-0.25, -0.2) is 0 Å². The molecule has 0 bridgehead atoms. The Morgan fingerprint density at radius 3 is 2.40 bits per heavy atom. The quantitative estimate of drug-likeness (QED) is 0.586. The van der Waals surface area contributed by atoms with Crippen molar-refractivity contribution < 1.29 is 14.7 Å². The zero-order valence-corrected chi connectivity index (χ0v) is 8.06. The highest BCUT2D eigenvalue weighted by Gasteiger charge is 2.06. The van der Waals surface area contributed by atoms with Gasteiger partial charge in [0.05, 0.1) is 0 Å². The third-order valence-corrected chi connectivity index (χ3v) is 1.86. The van der Waals surface area contributed by atoms with E-state index in [-0.39, 0.29) is 5.75 Å². The van der Waals surface area contributed by atoms with Gasteiger partial charge in [0.25, 0.3) is 0 Å². The molecule has 0 aliphatic rings. The summed E-state index contributed by atoms with van der Waals surface area (Å²) in [7, 11) is 0. The molecule has 0 saturated carbocycles.